The van der Waals surface area contributed by atoms with E-state index in [9.17, 15) is 19.2 Å². The second kappa shape index (κ2) is 9.87. The van der Waals surface area contributed by atoms with Gasteiger partial charge in [-0.1, -0.05) is 30.3 Å². The standard InChI is InChI=1S/C22H24N2O6/c1-15(25)19(10-16-6-3-2-4-7-16)23-20(26)14-30-22(28)17-11-21(27)24(12-17)13-18-8-5-9-29-18/h2-9,17,19H,10-14H2,1H3,(H,23,26)/t17-,19+/m0/s1. The van der Waals surface area contributed by atoms with E-state index in [0.717, 1.165) is 5.56 Å². The van der Waals surface area contributed by atoms with Crippen LogP contribution in [0.4, 0.5) is 0 Å². The fourth-order valence-electron chi connectivity index (χ4n) is 3.31. The largest absolute Gasteiger partial charge is 0.467 e. The summed E-state index contributed by atoms with van der Waals surface area (Å²) in [5.41, 5.74) is 0.913. The molecule has 1 aliphatic rings. The van der Waals surface area contributed by atoms with E-state index in [0.29, 0.717) is 12.2 Å². The molecule has 30 heavy (non-hydrogen) atoms. The number of esters is 1. The maximum atomic E-state index is 12.3. The van der Waals surface area contributed by atoms with E-state index >= 15 is 0 Å². The molecule has 3 rings (SSSR count). The summed E-state index contributed by atoms with van der Waals surface area (Å²) < 4.78 is 10.3. The third-order valence-corrected chi connectivity index (χ3v) is 4.93. The van der Waals surface area contributed by atoms with E-state index in [2.05, 4.69) is 5.32 Å². The summed E-state index contributed by atoms with van der Waals surface area (Å²) in [6.07, 6.45) is 1.91. The number of nitrogens with one attached hydrogen (secondary N) is 1. The van der Waals surface area contributed by atoms with Gasteiger partial charge in [-0.25, -0.2) is 0 Å². The average molecular weight is 412 g/mol. The number of carbonyl (C=O) groups excluding carboxylic acids is 4. The van der Waals surface area contributed by atoms with Crippen molar-refractivity contribution in [2.24, 2.45) is 5.92 Å². The van der Waals surface area contributed by atoms with Crippen LogP contribution in [0.3, 0.4) is 0 Å². The van der Waals surface area contributed by atoms with E-state index in [-0.39, 0.29) is 31.2 Å². The van der Waals surface area contributed by atoms with E-state index < -0.39 is 30.4 Å². The molecule has 0 radical (unpaired) electrons. The highest BCUT2D eigenvalue weighted by Gasteiger charge is 2.36. The number of rotatable bonds is 9. The lowest BCUT2D eigenvalue weighted by Crippen LogP contribution is -2.43. The van der Waals surface area contributed by atoms with Gasteiger partial charge in [0, 0.05) is 13.0 Å². The number of benzene rings is 1. The smallest absolute Gasteiger partial charge is 0.311 e. The van der Waals surface area contributed by atoms with Gasteiger partial charge in [0.15, 0.2) is 12.4 Å². The monoisotopic (exact) mass is 412 g/mol. The number of hydrogen-bond acceptors (Lipinski definition) is 6. The van der Waals surface area contributed by atoms with Gasteiger partial charge < -0.3 is 19.4 Å². The number of likely N-dealkylation sites (tertiary alicyclic amines) is 1. The van der Waals surface area contributed by atoms with E-state index in [4.69, 9.17) is 9.15 Å². The van der Waals surface area contributed by atoms with Gasteiger partial charge in [0.2, 0.25) is 5.91 Å². The molecule has 0 bridgehead atoms. The number of ether oxygens (including phenoxy) is 1. The highest BCUT2D eigenvalue weighted by atomic mass is 16.5. The highest BCUT2D eigenvalue weighted by Crippen LogP contribution is 2.21. The molecule has 1 aromatic carbocycles. The Balaban J connectivity index is 1.46. The molecule has 8 nitrogen and oxygen atoms in total. The molecule has 0 saturated carbocycles. The predicted octanol–water partition coefficient (Wildman–Crippen LogP) is 1.49. The molecular formula is C22H24N2O6. The molecular weight excluding hydrogens is 388 g/mol. The van der Waals surface area contributed by atoms with Crippen molar-refractivity contribution >= 4 is 23.6 Å². The van der Waals surface area contributed by atoms with Crippen molar-refractivity contribution in [3.63, 3.8) is 0 Å². The molecule has 158 valence electrons. The van der Waals surface area contributed by atoms with Crippen LogP contribution in [0.5, 0.6) is 0 Å². The summed E-state index contributed by atoms with van der Waals surface area (Å²) in [5.74, 6) is -1.52. The molecule has 1 aromatic heterocycles. The van der Waals surface area contributed by atoms with E-state index in [1.807, 2.05) is 30.3 Å². The summed E-state index contributed by atoms with van der Waals surface area (Å²) >= 11 is 0. The fourth-order valence-corrected chi connectivity index (χ4v) is 3.31. The van der Waals surface area contributed by atoms with Crippen molar-refractivity contribution in [2.45, 2.75) is 32.4 Å². The molecule has 8 heteroatoms. The quantitative estimate of drug-likeness (QED) is 0.626. The van der Waals surface area contributed by atoms with Crippen LogP contribution in [0, 0.1) is 5.92 Å². The third kappa shape index (κ3) is 5.79. The molecule has 2 heterocycles. The Hall–Kier alpha value is -3.42. The minimum atomic E-state index is -0.699. The van der Waals surface area contributed by atoms with Crippen LogP contribution < -0.4 is 5.32 Å². The van der Waals surface area contributed by atoms with Crippen LogP contribution in [-0.2, 0) is 36.9 Å². The van der Waals surface area contributed by atoms with Gasteiger partial charge >= 0.3 is 5.97 Å². The maximum Gasteiger partial charge on any atom is 0.311 e. The number of ketones is 1. The Morgan fingerprint density at radius 2 is 1.97 bits per heavy atom. The lowest BCUT2D eigenvalue weighted by molar-refractivity contribution is -0.152. The lowest BCUT2D eigenvalue weighted by Gasteiger charge is -2.17. The summed E-state index contributed by atoms with van der Waals surface area (Å²) in [4.78, 5) is 50.0. The SMILES string of the molecule is CC(=O)[C@@H](Cc1ccccc1)NC(=O)COC(=O)[C@H]1CC(=O)N(Cc2ccco2)C1. The molecule has 2 aromatic rings. The Morgan fingerprint density at radius 1 is 1.20 bits per heavy atom. The van der Waals surface area contributed by atoms with Gasteiger partial charge in [0.05, 0.1) is 24.8 Å². The van der Waals surface area contributed by atoms with Gasteiger partial charge in [-0.3, -0.25) is 19.2 Å². The molecule has 0 spiro atoms. The Bertz CT molecular complexity index is 894. The summed E-state index contributed by atoms with van der Waals surface area (Å²) in [6, 6.07) is 12.1. The van der Waals surface area contributed by atoms with Crippen LogP contribution in [0.2, 0.25) is 0 Å². The minimum absolute atomic E-state index is 0.0330. The molecule has 1 N–H and O–H groups in total. The van der Waals surface area contributed by atoms with Crippen molar-refractivity contribution in [3.8, 4) is 0 Å². The van der Waals surface area contributed by atoms with E-state index in [1.165, 1.54) is 18.1 Å². The normalized spacial score (nSPS) is 16.9. The minimum Gasteiger partial charge on any atom is -0.467 e. The zero-order valence-electron chi connectivity index (χ0n) is 16.7. The highest BCUT2D eigenvalue weighted by molar-refractivity contribution is 5.90. The maximum absolute atomic E-state index is 12.3. The first-order chi connectivity index (χ1) is 14.4. The van der Waals surface area contributed by atoms with Gasteiger partial charge in [0.25, 0.3) is 5.91 Å². The van der Waals surface area contributed by atoms with Gasteiger partial charge in [0.1, 0.15) is 5.76 Å². The average Bonchev–Trinajstić information content (AvgIpc) is 3.37. The van der Waals surface area contributed by atoms with Crippen LogP contribution in [0.15, 0.2) is 53.1 Å². The van der Waals surface area contributed by atoms with Crippen molar-refractivity contribution in [3.05, 3.63) is 60.1 Å². The number of nitrogens with zero attached hydrogens (tertiary/aromatic N) is 1. The number of carbonyl (C=O) groups is 4. The number of hydrogen-bond donors (Lipinski definition) is 1. The summed E-state index contributed by atoms with van der Waals surface area (Å²) in [7, 11) is 0. The molecule has 2 amide bonds. The zero-order valence-corrected chi connectivity index (χ0v) is 16.7. The Labute approximate surface area is 174 Å². The Morgan fingerprint density at radius 3 is 2.63 bits per heavy atom. The second-order valence-corrected chi connectivity index (χ2v) is 7.28. The third-order valence-electron chi connectivity index (χ3n) is 4.93. The molecule has 0 aliphatic carbocycles. The lowest BCUT2D eigenvalue weighted by atomic mass is 10.0. The second-order valence-electron chi connectivity index (χ2n) is 7.28. The van der Waals surface area contributed by atoms with Crippen LogP contribution in [-0.4, -0.2) is 47.7 Å². The summed E-state index contributed by atoms with van der Waals surface area (Å²) in [5, 5.41) is 2.60. The molecule has 1 aliphatic heterocycles. The van der Waals surface area contributed by atoms with Crippen molar-refractivity contribution in [1.82, 2.24) is 10.2 Å². The topological polar surface area (TPSA) is 106 Å². The molecule has 1 saturated heterocycles. The van der Waals surface area contributed by atoms with Crippen LogP contribution in [0.25, 0.3) is 0 Å². The number of Topliss-reactive ketones (excluding diaryl/α,β-unsaturated/α-hetero) is 1. The number of furan rings is 1. The molecule has 2 atom stereocenters. The van der Waals surface area contributed by atoms with Gasteiger partial charge in [-0.2, -0.15) is 0 Å². The first-order valence-electron chi connectivity index (χ1n) is 9.73. The van der Waals surface area contributed by atoms with Crippen LogP contribution >= 0.6 is 0 Å². The van der Waals surface area contributed by atoms with Gasteiger partial charge in [-0.05, 0) is 31.0 Å². The Kier molecular flexibility index (Phi) is 7.00. The molecule has 0 unspecified atom stereocenters. The molecule has 1 fully saturated rings. The number of amides is 2. The van der Waals surface area contributed by atoms with Gasteiger partial charge in [-0.15, -0.1) is 0 Å². The zero-order chi connectivity index (χ0) is 21.5. The summed E-state index contributed by atoms with van der Waals surface area (Å²) in [6.45, 7) is 1.40. The van der Waals surface area contributed by atoms with Crippen molar-refractivity contribution in [2.75, 3.05) is 13.2 Å². The van der Waals surface area contributed by atoms with Crippen molar-refractivity contribution < 1.29 is 28.3 Å². The first-order valence-corrected chi connectivity index (χ1v) is 9.73. The van der Waals surface area contributed by atoms with E-state index in [1.54, 1.807) is 12.1 Å². The van der Waals surface area contributed by atoms with Crippen LogP contribution in [0.1, 0.15) is 24.7 Å². The van der Waals surface area contributed by atoms with Crippen molar-refractivity contribution in [1.29, 1.82) is 0 Å². The predicted molar refractivity (Wildman–Crippen MR) is 106 cm³/mol. The fraction of sp³-hybridized carbons (Fsp3) is 0.364. The first kappa shape index (κ1) is 21.3.